The first-order chi connectivity index (χ1) is 7.62. The van der Waals surface area contributed by atoms with Crippen molar-refractivity contribution in [1.82, 2.24) is 0 Å². The van der Waals surface area contributed by atoms with Gasteiger partial charge in [-0.05, 0) is 12.8 Å². The molecular weight excluding hydrogens is 208 g/mol. The zero-order valence-corrected chi connectivity index (χ0v) is 10.9. The van der Waals surface area contributed by atoms with Crippen LogP contribution in [0.1, 0.15) is 52.9 Å². The van der Waals surface area contributed by atoms with E-state index in [-0.39, 0.29) is 11.9 Å². The van der Waals surface area contributed by atoms with Crippen LogP contribution >= 0.6 is 0 Å². The van der Waals surface area contributed by atoms with Gasteiger partial charge in [0.05, 0.1) is 13.7 Å². The standard InChI is InChI=1S/C7H14O2.C5H10O2/c1-3-5-6-9-7(8)4-2;1-3-4-5(6)7-2/h3-6H2,1-2H3;3-4H2,1-2H3. The molecule has 0 atom stereocenters. The zero-order valence-electron chi connectivity index (χ0n) is 10.9. The first-order valence-electron chi connectivity index (χ1n) is 5.84. The smallest absolute Gasteiger partial charge is 0.305 e. The van der Waals surface area contributed by atoms with Gasteiger partial charge in [0.15, 0.2) is 0 Å². The van der Waals surface area contributed by atoms with Crippen LogP contribution in [0, 0.1) is 0 Å². The van der Waals surface area contributed by atoms with Crippen LogP contribution in [0.15, 0.2) is 0 Å². The molecule has 16 heavy (non-hydrogen) atoms. The normalized spacial score (nSPS) is 8.75. The molecular formula is C12H24O4. The van der Waals surface area contributed by atoms with Crippen LogP contribution in [0.5, 0.6) is 0 Å². The Labute approximate surface area is 98.3 Å². The zero-order chi connectivity index (χ0) is 12.8. The van der Waals surface area contributed by atoms with Crippen molar-refractivity contribution in [3.63, 3.8) is 0 Å². The third kappa shape index (κ3) is 15.4. The molecule has 4 nitrogen and oxygen atoms in total. The lowest BCUT2D eigenvalue weighted by atomic mass is 10.3. The van der Waals surface area contributed by atoms with Gasteiger partial charge < -0.3 is 9.47 Å². The fourth-order valence-electron chi connectivity index (χ4n) is 0.739. The van der Waals surface area contributed by atoms with Crippen molar-refractivity contribution in [3.8, 4) is 0 Å². The van der Waals surface area contributed by atoms with Crippen molar-refractivity contribution >= 4 is 11.9 Å². The molecule has 0 aromatic carbocycles. The lowest BCUT2D eigenvalue weighted by Gasteiger charge is -1.99. The minimum atomic E-state index is -0.123. The van der Waals surface area contributed by atoms with E-state index in [0.29, 0.717) is 19.4 Å². The summed E-state index contributed by atoms with van der Waals surface area (Å²) < 4.78 is 9.14. The maximum Gasteiger partial charge on any atom is 0.305 e. The third-order valence-electron chi connectivity index (χ3n) is 1.73. The monoisotopic (exact) mass is 232 g/mol. The Bertz CT molecular complexity index is 178. The van der Waals surface area contributed by atoms with Crippen LogP contribution in [-0.4, -0.2) is 25.7 Å². The highest BCUT2D eigenvalue weighted by molar-refractivity contribution is 5.69. The Morgan fingerprint density at radius 1 is 1.00 bits per heavy atom. The summed E-state index contributed by atoms with van der Waals surface area (Å²) in [5.41, 5.74) is 0. The van der Waals surface area contributed by atoms with Crippen molar-refractivity contribution in [2.45, 2.75) is 52.9 Å². The minimum absolute atomic E-state index is 0.0940. The van der Waals surface area contributed by atoms with Crippen LogP contribution < -0.4 is 0 Å². The number of rotatable bonds is 6. The largest absolute Gasteiger partial charge is 0.469 e. The lowest BCUT2D eigenvalue weighted by Crippen LogP contribution is -2.02. The molecule has 4 heteroatoms. The summed E-state index contributed by atoms with van der Waals surface area (Å²) >= 11 is 0. The van der Waals surface area contributed by atoms with Crippen molar-refractivity contribution in [3.05, 3.63) is 0 Å². The first kappa shape index (κ1) is 17.3. The van der Waals surface area contributed by atoms with Gasteiger partial charge in [-0.25, -0.2) is 0 Å². The Hall–Kier alpha value is -1.06. The van der Waals surface area contributed by atoms with E-state index in [4.69, 9.17) is 4.74 Å². The topological polar surface area (TPSA) is 52.6 Å². The molecule has 0 aliphatic rings. The number of carbonyl (C=O) groups is 2. The minimum Gasteiger partial charge on any atom is -0.469 e. The summed E-state index contributed by atoms with van der Waals surface area (Å²) in [5, 5.41) is 0. The van der Waals surface area contributed by atoms with Crippen molar-refractivity contribution in [1.29, 1.82) is 0 Å². The summed E-state index contributed by atoms with van der Waals surface area (Å²) in [7, 11) is 1.40. The Kier molecular flexibility index (Phi) is 15.1. The Morgan fingerprint density at radius 2 is 1.62 bits per heavy atom. The highest BCUT2D eigenvalue weighted by atomic mass is 16.5. The molecule has 0 heterocycles. The molecule has 0 radical (unpaired) electrons. The predicted octanol–water partition coefficient (Wildman–Crippen LogP) is 2.70. The second kappa shape index (κ2) is 13.9. The fourth-order valence-corrected chi connectivity index (χ4v) is 0.739. The molecule has 0 aliphatic carbocycles. The van der Waals surface area contributed by atoms with E-state index < -0.39 is 0 Å². The van der Waals surface area contributed by atoms with Crippen molar-refractivity contribution in [2.24, 2.45) is 0 Å². The highest BCUT2D eigenvalue weighted by Gasteiger charge is 1.94. The summed E-state index contributed by atoms with van der Waals surface area (Å²) in [6.45, 7) is 6.40. The third-order valence-corrected chi connectivity index (χ3v) is 1.73. The predicted molar refractivity (Wildman–Crippen MR) is 63.1 cm³/mol. The van der Waals surface area contributed by atoms with E-state index >= 15 is 0 Å². The molecule has 0 fully saturated rings. The molecule has 0 bridgehead atoms. The van der Waals surface area contributed by atoms with E-state index in [1.54, 1.807) is 6.92 Å². The molecule has 0 unspecified atom stereocenters. The number of hydrogen-bond donors (Lipinski definition) is 0. The van der Waals surface area contributed by atoms with E-state index in [2.05, 4.69) is 11.7 Å². The molecule has 0 saturated carbocycles. The van der Waals surface area contributed by atoms with Crippen LogP contribution in [0.2, 0.25) is 0 Å². The fraction of sp³-hybridized carbons (Fsp3) is 0.833. The molecule has 0 aromatic heterocycles. The Balaban J connectivity index is 0. The van der Waals surface area contributed by atoms with Crippen molar-refractivity contribution in [2.75, 3.05) is 13.7 Å². The first-order valence-corrected chi connectivity index (χ1v) is 5.84. The quantitative estimate of drug-likeness (QED) is 0.522. The number of unbranched alkanes of at least 4 members (excludes halogenated alkanes) is 1. The lowest BCUT2D eigenvalue weighted by molar-refractivity contribution is -0.143. The molecule has 0 aliphatic heterocycles. The summed E-state index contributed by atoms with van der Waals surface area (Å²) in [4.78, 5) is 20.7. The van der Waals surface area contributed by atoms with Gasteiger partial charge in [-0.2, -0.15) is 0 Å². The molecule has 0 aromatic rings. The molecule has 0 N–H and O–H groups in total. The van der Waals surface area contributed by atoms with E-state index in [1.807, 2.05) is 6.92 Å². The van der Waals surface area contributed by atoms with Gasteiger partial charge in [0.2, 0.25) is 0 Å². The molecule has 0 amide bonds. The second-order valence-electron chi connectivity index (χ2n) is 3.25. The van der Waals surface area contributed by atoms with Gasteiger partial charge in [0.25, 0.3) is 0 Å². The number of esters is 2. The molecule has 0 saturated heterocycles. The van der Waals surface area contributed by atoms with Crippen LogP contribution in [0.4, 0.5) is 0 Å². The van der Waals surface area contributed by atoms with Gasteiger partial charge in [0, 0.05) is 12.8 Å². The van der Waals surface area contributed by atoms with Crippen molar-refractivity contribution < 1.29 is 19.1 Å². The SMILES string of the molecule is CCCC(=O)OC.CCCCOC(=O)CC. The van der Waals surface area contributed by atoms with Gasteiger partial charge in [0.1, 0.15) is 0 Å². The van der Waals surface area contributed by atoms with Crippen LogP contribution in [0.25, 0.3) is 0 Å². The number of methoxy groups -OCH3 is 1. The molecule has 0 rings (SSSR count). The van der Waals surface area contributed by atoms with E-state index in [0.717, 1.165) is 19.3 Å². The number of carbonyl (C=O) groups excluding carboxylic acids is 2. The Morgan fingerprint density at radius 3 is 1.94 bits per heavy atom. The average Bonchev–Trinajstić information content (AvgIpc) is 2.30. The van der Waals surface area contributed by atoms with E-state index in [1.165, 1.54) is 7.11 Å². The van der Waals surface area contributed by atoms with Crippen LogP contribution in [0.3, 0.4) is 0 Å². The molecule has 96 valence electrons. The summed E-state index contributed by atoms with van der Waals surface area (Å²) in [5.74, 6) is -0.217. The average molecular weight is 232 g/mol. The van der Waals surface area contributed by atoms with Crippen LogP contribution in [-0.2, 0) is 19.1 Å². The van der Waals surface area contributed by atoms with Gasteiger partial charge in [-0.1, -0.05) is 27.2 Å². The maximum absolute atomic E-state index is 10.5. The maximum atomic E-state index is 10.5. The second-order valence-corrected chi connectivity index (χ2v) is 3.25. The number of hydrogen-bond acceptors (Lipinski definition) is 4. The summed E-state index contributed by atoms with van der Waals surface area (Å²) in [6.07, 6.45) is 3.95. The summed E-state index contributed by atoms with van der Waals surface area (Å²) in [6, 6.07) is 0. The van der Waals surface area contributed by atoms with Gasteiger partial charge in [-0.3, -0.25) is 9.59 Å². The van der Waals surface area contributed by atoms with E-state index in [9.17, 15) is 9.59 Å². The van der Waals surface area contributed by atoms with Gasteiger partial charge in [-0.15, -0.1) is 0 Å². The van der Waals surface area contributed by atoms with Gasteiger partial charge >= 0.3 is 11.9 Å². The highest BCUT2D eigenvalue weighted by Crippen LogP contribution is 1.90. The molecule has 0 spiro atoms. The number of ether oxygens (including phenoxy) is 2.